The number of rotatable bonds is 3. The van der Waals surface area contributed by atoms with Crippen molar-refractivity contribution in [3.05, 3.63) is 75.5 Å². The van der Waals surface area contributed by atoms with Crippen LogP contribution in [0.3, 0.4) is 0 Å². The number of sulfone groups is 1. The molecule has 0 bridgehead atoms. The average Bonchev–Trinajstić information content (AvgIpc) is 3.11. The van der Waals surface area contributed by atoms with E-state index in [2.05, 4.69) is 5.32 Å². The van der Waals surface area contributed by atoms with Gasteiger partial charge in [0, 0.05) is 22.6 Å². The molecule has 4 rings (SSSR count). The molecular weight excluding hydrogens is 435 g/mol. The van der Waals surface area contributed by atoms with Crippen LogP contribution in [0.15, 0.2) is 63.7 Å². The van der Waals surface area contributed by atoms with Crippen LogP contribution in [-0.2, 0) is 20.8 Å². The first-order valence-electron chi connectivity index (χ1n) is 8.97. The maximum atomic E-state index is 13.1. The average molecular weight is 451 g/mol. The van der Waals surface area contributed by atoms with Gasteiger partial charge in [-0.25, -0.2) is 8.42 Å². The molecule has 1 aliphatic heterocycles. The highest BCUT2D eigenvalue weighted by atomic mass is 32.2. The van der Waals surface area contributed by atoms with Crippen molar-refractivity contribution in [2.75, 3.05) is 5.32 Å². The van der Waals surface area contributed by atoms with Gasteiger partial charge in [-0.1, -0.05) is 29.8 Å². The van der Waals surface area contributed by atoms with Gasteiger partial charge in [-0.2, -0.15) is 13.2 Å². The number of fused-ring (bicyclic) bond motifs is 1. The van der Waals surface area contributed by atoms with Crippen LogP contribution in [0.2, 0.25) is 0 Å². The molecule has 2 heterocycles. The number of nitrogens with one attached hydrogen (secondary N) is 1. The normalized spacial score (nSPS) is 16.8. The van der Waals surface area contributed by atoms with Gasteiger partial charge < -0.3 is 5.32 Å². The number of carbonyl (C=O) groups is 1. The summed E-state index contributed by atoms with van der Waals surface area (Å²) in [5.74, 6) is -0.894. The molecule has 9 heteroatoms. The number of halogens is 3. The molecule has 0 saturated heterocycles. The lowest BCUT2D eigenvalue weighted by atomic mass is 9.90. The fourth-order valence-electron chi connectivity index (χ4n) is 3.42. The van der Waals surface area contributed by atoms with E-state index in [1.807, 2.05) is 6.92 Å². The summed E-state index contributed by atoms with van der Waals surface area (Å²) in [6, 6.07) is 11.0. The second-order valence-corrected chi connectivity index (χ2v) is 9.91. The monoisotopic (exact) mass is 451 g/mol. The van der Waals surface area contributed by atoms with E-state index in [0.717, 1.165) is 17.7 Å². The summed E-state index contributed by atoms with van der Waals surface area (Å²) in [5, 5.41) is 4.12. The van der Waals surface area contributed by atoms with Gasteiger partial charge in [0.2, 0.25) is 15.7 Å². The van der Waals surface area contributed by atoms with Crippen molar-refractivity contribution in [2.45, 2.75) is 35.2 Å². The smallest absolute Gasteiger partial charge is 0.324 e. The molecule has 3 aromatic rings. The van der Waals surface area contributed by atoms with Crippen molar-refractivity contribution in [3.8, 4) is 0 Å². The van der Waals surface area contributed by atoms with Crippen LogP contribution in [0.5, 0.6) is 0 Å². The second-order valence-electron chi connectivity index (χ2n) is 7.08. The lowest BCUT2D eigenvalue weighted by molar-refractivity contribution is -0.137. The fourth-order valence-corrected chi connectivity index (χ4v) is 6.33. The molecule has 1 aliphatic rings. The quantitative estimate of drug-likeness (QED) is 0.581. The minimum absolute atomic E-state index is 0.00341. The SMILES string of the molecule is Cc1ccc(S(=O)(=O)c2csc3c2NC(=O)C[C@@H]3c2ccc(C(F)(F)F)cc2)cc1. The Hall–Kier alpha value is -2.65. The van der Waals surface area contributed by atoms with Crippen molar-refractivity contribution in [1.29, 1.82) is 0 Å². The molecule has 0 fully saturated rings. The van der Waals surface area contributed by atoms with Crippen LogP contribution >= 0.6 is 11.3 Å². The molecule has 0 aliphatic carbocycles. The zero-order valence-corrected chi connectivity index (χ0v) is 17.3. The van der Waals surface area contributed by atoms with E-state index < -0.39 is 27.5 Å². The first-order valence-corrected chi connectivity index (χ1v) is 11.3. The number of aryl methyl sites for hydroxylation is 1. The Morgan fingerprint density at radius 1 is 1.03 bits per heavy atom. The maximum Gasteiger partial charge on any atom is 0.416 e. The molecule has 1 amide bonds. The number of hydrogen-bond donors (Lipinski definition) is 1. The largest absolute Gasteiger partial charge is 0.416 e. The molecular formula is C21H16F3NO3S2. The molecule has 0 radical (unpaired) electrons. The summed E-state index contributed by atoms with van der Waals surface area (Å²) < 4.78 is 64.8. The lowest BCUT2D eigenvalue weighted by Crippen LogP contribution is -2.23. The van der Waals surface area contributed by atoms with Crippen LogP contribution < -0.4 is 5.32 Å². The third-order valence-corrected chi connectivity index (χ3v) is 8.06. The number of anilines is 1. The Morgan fingerprint density at radius 3 is 2.27 bits per heavy atom. The van der Waals surface area contributed by atoms with Crippen molar-refractivity contribution >= 4 is 32.8 Å². The molecule has 2 aromatic carbocycles. The minimum Gasteiger partial charge on any atom is -0.324 e. The van der Waals surface area contributed by atoms with Gasteiger partial charge in [0.1, 0.15) is 4.90 Å². The van der Waals surface area contributed by atoms with Crippen molar-refractivity contribution < 1.29 is 26.4 Å². The standard InChI is InChI=1S/C21H16F3NO3S2/c1-12-2-8-15(9-3-12)30(27,28)17-11-29-20-16(10-18(26)25-19(17)20)13-4-6-14(7-5-13)21(22,23)24/h2-9,11,16H,10H2,1H3,(H,25,26)/t16-/m1/s1. The van der Waals surface area contributed by atoms with Crippen LogP contribution in [0.1, 0.15) is 33.9 Å². The first-order chi connectivity index (χ1) is 14.1. The van der Waals surface area contributed by atoms with E-state index in [-0.39, 0.29) is 27.8 Å². The lowest BCUT2D eigenvalue weighted by Gasteiger charge is -2.24. The third kappa shape index (κ3) is 3.63. The highest BCUT2D eigenvalue weighted by Gasteiger charge is 2.35. The first kappa shape index (κ1) is 20.6. The Bertz CT molecular complexity index is 1210. The molecule has 0 unspecified atom stereocenters. The number of amides is 1. The van der Waals surface area contributed by atoms with Crippen LogP contribution in [0, 0.1) is 6.92 Å². The summed E-state index contributed by atoms with van der Waals surface area (Å²) in [5.41, 5.74) is 0.875. The van der Waals surface area contributed by atoms with Gasteiger partial charge in [0.05, 0.1) is 16.1 Å². The molecule has 156 valence electrons. The highest BCUT2D eigenvalue weighted by molar-refractivity contribution is 7.91. The Kier molecular flexibility index (Phi) is 4.98. The van der Waals surface area contributed by atoms with Crippen molar-refractivity contribution in [3.63, 3.8) is 0 Å². The second kappa shape index (κ2) is 7.24. The van der Waals surface area contributed by atoms with E-state index in [1.54, 1.807) is 12.1 Å². The predicted octanol–water partition coefficient (Wildman–Crippen LogP) is 5.38. The van der Waals surface area contributed by atoms with Gasteiger partial charge in [-0.05, 0) is 36.8 Å². The maximum absolute atomic E-state index is 13.1. The van der Waals surface area contributed by atoms with Crippen LogP contribution in [-0.4, -0.2) is 14.3 Å². The zero-order valence-electron chi connectivity index (χ0n) is 15.7. The summed E-state index contributed by atoms with van der Waals surface area (Å²) in [4.78, 5) is 13.0. The van der Waals surface area contributed by atoms with Gasteiger partial charge >= 0.3 is 6.18 Å². The minimum atomic E-state index is -4.45. The van der Waals surface area contributed by atoms with Gasteiger partial charge in [0.25, 0.3) is 0 Å². The number of alkyl halides is 3. The van der Waals surface area contributed by atoms with Crippen molar-refractivity contribution in [1.82, 2.24) is 0 Å². The Balaban J connectivity index is 1.76. The van der Waals surface area contributed by atoms with Crippen molar-refractivity contribution in [2.24, 2.45) is 0 Å². The number of thiophene rings is 1. The number of carbonyl (C=O) groups excluding carboxylic acids is 1. The Morgan fingerprint density at radius 2 is 1.67 bits per heavy atom. The molecule has 0 spiro atoms. The molecule has 1 N–H and O–H groups in total. The fraction of sp³-hybridized carbons (Fsp3) is 0.190. The van der Waals surface area contributed by atoms with Gasteiger partial charge in [-0.3, -0.25) is 4.79 Å². The summed E-state index contributed by atoms with van der Waals surface area (Å²) in [6.07, 6.45) is -4.42. The summed E-state index contributed by atoms with van der Waals surface area (Å²) >= 11 is 1.18. The number of hydrogen-bond acceptors (Lipinski definition) is 4. The van der Waals surface area contributed by atoms with E-state index in [4.69, 9.17) is 0 Å². The topological polar surface area (TPSA) is 63.2 Å². The van der Waals surface area contributed by atoms with Gasteiger partial charge in [0.15, 0.2) is 0 Å². The summed E-state index contributed by atoms with van der Waals surface area (Å²) in [7, 11) is -3.86. The molecule has 0 saturated carbocycles. The molecule has 30 heavy (non-hydrogen) atoms. The highest BCUT2D eigenvalue weighted by Crippen LogP contribution is 2.46. The third-order valence-electron chi connectivity index (χ3n) is 5.02. The zero-order chi connectivity index (χ0) is 21.7. The van der Waals surface area contributed by atoms with E-state index in [9.17, 15) is 26.4 Å². The predicted molar refractivity (Wildman–Crippen MR) is 107 cm³/mol. The van der Waals surface area contributed by atoms with E-state index in [0.29, 0.717) is 10.4 Å². The van der Waals surface area contributed by atoms with Gasteiger partial charge in [-0.15, -0.1) is 11.3 Å². The molecule has 1 atom stereocenters. The van der Waals surface area contributed by atoms with E-state index in [1.165, 1.54) is 41.0 Å². The van der Waals surface area contributed by atoms with E-state index >= 15 is 0 Å². The molecule has 4 nitrogen and oxygen atoms in total. The number of benzene rings is 2. The van der Waals surface area contributed by atoms with Crippen LogP contribution in [0.25, 0.3) is 0 Å². The summed E-state index contributed by atoms with van der Waals surface area (Å²) in [6.45, 7) is 1.84. The molecule has 1 aromatic heterocycles. The van der Waals surface area contributed by atoms with Crippen LogP contribution in [0.4, 0.5) is 18.9 Å². The Labute approximate surface area is 175 Å².